The van der Waals surface area contributed by atoms with Gasteiger partial charge >= 0.3 is 0 Å². The number of fused-ring (bicyclic) bond motifs is 2. The Balaban J connectivity index is 0.000000167. The number of imidazole rings is 2. The summed E-state index contributed by atoms with van der Waals surface area (Å²) in [7, 11) is 9.48. The topological polar surface area (TPSA) is 268 Å². The van der Waals surface area contributed by atoms with Crippen LogP contribution in [0.5, 0.6) is 34.5 Å². The van der Waals surface area contributed by atoms with Crippen molar-refractivity contribution >= 4 is 52.6 Å². The van der Waals surface area contributed by atoms with E-state index in [4.69, 9.17) is 61.5 Å². The number of nitrogens with zero attached hydrogens (tertiary/aromatic N) is 9. The second kappa shape index (κ2) is 22.4. The molecule has 0 radical (unpaired) electrons. The summed E-state index contributed by atoms with van der Waals surface area (Å²) in [5.74, 6) is 6.00. The van der Waals surface area contributed by atoms with Crippen LogP contribution >= 0.6 is 11.6 Å². The Morgan fingerprint density at radius 3 is 1.58 bits per heavy atom. The minimum Gasteiger partial charge on any atom is -0.493 e. The SMILES string of the molecule is COc1cc(-n2cnc(Nc3nc(Cl)nc4c3CCC4)c2)cc(OC)c1OC.COc1cc(-n2cnc(Nc3nc(N4CCC[C@@H]4C(N)=O)nc4c3CCC4)c2)cc(OC)c1OC.NC(=O)[C@H]1CCCN1. The van der Waals surface area contributed by atoms with E-state index >= 15 is 0 Å². The molecule has 2 aliphatic heterocycles. The Morgan fingerprint density at radius 2 is 1.14 bits per heavy atom. The number of carbonyl (C=O) groups excluding carboxylic acids is 2. The Labute approximate surface area is 415 Å². The van der Waals surface area contributed by atoms with E-state index in [9.17, 15) is 9.59 Å². The quantitative estimate of drug-likeness (QED) is 0.0830. The highest BCUT2D eigenvalue weighted by Crippen LogP contribution is 2.41. The smallest absolute Gasteiger partial charge is 0.240 e. The number of carbonyl (C=O) groups is 2. The molecule has 6 aromatic rings. The molecule has 0 saturated carbocycles. The molecule has 23 heteroatoms. The number of methoxy groups -OCH3 is 6. The van der Waals surface area contributed by atoms with Crippen molar-refractivity contribution in [1.82, 2.24) is 44.4 Å². The fourth-order valence-electron chi connectivity index (χ4n) is 9.12. The molecule has 4 aliphatic rings. The third kappa shape index (κ3) is 11.1. The summed E-state index contributed by atoms with van der Waals surface area (Å²) in [6.07, 6.45) is 16.4. The predicted octanol–water partition coefficient (Wildman–Crippen LogP) is 5.17. The number of amides is 2. The van der Waals surface area contributed by atoms with Crippen molar-refractivity contribution in [3.8, 4) is 45.9 Å². The maximum absolute atomic E-state index is 11.9. The molecule has 22 nitrogen and oxygen atoms in total. The third-order valence-corrected chi connectivity index (χ3v) is 12.8. The number of hydrogen-bond acceptors (Lipinski definition) is 18. The fraction of sp³-hybridized carbons (Fsp3) is 0.417. The molecular weight excluding hydrogens is 936 g/mol. The van der Waals surface area contributed by atoms with Gasteiger partial charge in [0.2, 0.25) is 34.5 Å². The zero-order valence-electron chi connectivity index (χ0n) is 40.6. The van der Waals surface area contributed by atoms with Crippen LogP contribution in [0.15, 0.2) is 49.3 Å². The Kier molecular flexibility index (Phi) is 15.7. The van der Waals surface area contributed by atoms with Gasteiger partial charge in [-0.1, -0.05) is 0 Å². The lowest BCUT2D eigenvalue weighted by Gasteiger charge is -2.23. The van der Waals surface area contributed by atoms with E-state index in [1.165, 1.54) is 0 Å². The van der Waals surface area contributed by atoms with Crippen LogP contribution in [-0.4, -0.2) is 119 Å². The van der Waals surface area contributed by atoms with Crippen LogP contribution < -0.4 is 60.7 Å². The van der Waals surface area contributed by atoms with E-state index in [-0.39, 0.29) is 29.2 Å². The van der Waals surface area contributed by atoms with Crippen LogP contribution in [0.1, 0.15) is 61.0 Å². The van der Waals surface area contributed by atoms with Gasteiger partial charge in [0.15, 0.2) is 23.0 Å². The maximum Gasteiger partial charge on any atom is 0.240 e. The van der Waals surface area contributed by atoms with Gasteiger partial charge in [0.05, 0.1) is 83.9 Å². The molecule has 0 spiro atoms. The molecule has 7 N–H and O–H groups in total. The Morgan fingerprint density at radius 1 is 0.634 bits per heavy atom. The van der Waals surface area contributed by atoms with Crippen LogP contribution in [0, 0.1) is 0 Å². The molecule has 376 valence electrons. The second-order valence-electron chi connectivity index (χ2n) is 16.9. The summed E-state index contributed by atoms with van der Waals surface area (Å²) < 4.78 is 36.3. The first kappa shape index (κ1) is 49.8. The van der Waals surface area contributed by atoms with Crippen LogP contribution in [0.2, 0.25) is 5.28 Å². The van der Waals surface area contributed by atoms with E-state index in [0.717, 1.165) is 105 Å². The van der Waals surface area contributed by atoms with Crippen molar-refractivity contribution in [3.05, 3.63) is 77.1 Å². The first-order valence-corrected chi connectivity index (χ1v) is 23.6. The van der Waals surface area contributed by atoms with Gasteiger partial charge in [-0.3, -0.25) is 9.59 Å². The minimum absolute atomic E-state index is 0.0463. The molecule has 2 aliphatic carbocycles. The standard InChI is InChI=1S/C24H29N7O4.C19H20ClN5O3.C5H10N2O/c1-33-18-10-14(11-19(34-2)21(18)35-3)30-12-20(26-13-30)28-23-15-6-4-7-16(15)27-24(29-23)31-9-5-8-17(31)22(25)32;1-26-14-7-11(8-15(27-2)17(14)28-3)25-9-16(21-10-25)23-18-12-5-4-6-13(12)22-19(20)24-18;6-5(8)4-2-1-3-7-4/h10-13,17H,4-9H2,1-3H3,(H2,25,32)(H,27,28,29);7-10H,4-6H2,1-3H3,(H,22,23,24);4,7H,1-3H2,(H2,6,8)/t17-;;4-/m1.1/s1. The van der Waals surface area contributed by atoms with Gasteiger partial charge in [-0.05, 0) is 82.4 Å². The van der Waals surface area contributed by atoms with Gasteiger partial charge in [0.25, 0.3) is 0 Å². The largest absolute Gasteiger partial charge is 0.493 e. The molecule has 71 heavy (non-hydrogen) atoms. The van der Waals surface area contributed by atoms with Crippen molar-refractivity contribution in [2.45, 2.75) is 76.3 Å². The summed E-state index contributed by atoms with van der Waals surface area (Å²) in [5, 5.41) is 9.85. The second-order valence-corrected chi connectivity index (χ2v) is 17.3. The van der Waals surface area contributed by atoms with E-state index in [0.29, 0.717) is 70.3 Å². The summed E-state index contributed by atoms with van der Waals surface area (Å²) in [6.45, 7) is 1.65. The molecule has 10 rings (SSSR count). The van der Waals surface area contributed by atoms with Crippen LogP contribution in [-0.2, 0) is 35.3 Å². The lowest BCUT2D eigenvalue weighted by molar-refractivity contribution is -0.120. The average molecular weight is 996 g/mol. The molecular formula is C48H59ClN14O8. The normalized spacial score (nSPS) is 16.4. The Bertz CT molecular complexity index is 2820. The highest BCUT2D eigenvalue weighted by atomic mass is 35.5. The first-order chi connectivity index (χ1) is 34.4. The lowest BCUT2D eigenvalue weighted by atomic mass is 10.2. The van der Waals surface area contributed by atoms with E-state index in [1.807, 2.05) is 50.7 Å². The number of benzene rings is 2. The maximum atomic E-state index is 11.9. The number of hydrogen-bond donors (Lipinski definition) is 5. The fourth-order valence-corrected chi connectivity index (χ4v) is 9.31. The molecule has 4 aromatic heterocycles. The molecule has 2 aromatic carbocycles. The van der Waals surface area contributed by atoms with E-state index < -0.39 is 0 Å². The third-order valence-electron chi connectivity index (χ3n) is 12.6. The van der Waals surface area contributed by atoms with Gasteiger partial charge in [0, 0.05) is 41.9 Å². The number of rotatable bonds is 15. The van der Waals surface area contributed by atoms with Crippen LogP contribution in [0.25, 0.3) is 11.4 Å². The van der Waals surface area contributed by atoms with Crippen molar-refractivity contribution in [2.24, 2.45) is 11.5 Å². The van der Waals surface area contributed by atoms with E-state index in [1.54, 1.807) is 55.3 Å². The summed E-state index contributed by atoms with van der Waals surface area (Å²) in [4.78, 5) is 51.4. The molecule has 2 amide bonds. The number of nitrogens with two attached hydrogens (primary N) is 2. The number of aryl methyl sites for hydroxylation is 2. The molecule has 6 heterocycles. The number of aromatic nitrogens is 8. The average Bonchev–Trinajstić information content (AvgIpc) is 4.24. The van der Waals surface area contributed by atoms with Crippen LogP contribution in [0.3, 0.4) is 0 Å². The van der Waals surface area contributed by atoms with Gasteiger partial charge in [-0.25, -0.2) is 24.9 Å². The zero-order chi connectivity index (χ0) is 50.2. The molecule has 2 fully saturated rings. The molecule has 2 atom stereocenters. The summed E-state index contributed by atoms with van der Waals surface area (Å²) in [5.41, 5.74) is 16.5. The van der Waals surface area contributed by atoms with Gasteiger partial charge in [-0.2, -0.15) is 4.98 Å². The first-order valence-electron chi connectivity index (χ1n) is 23.2. The van der Waals surface area contributed by atoms with Gasteiger partial charge in [0.1, 0.15) is 42.0 Å². The van der Waals surface area contributed by atoms with Crippen molar-refractivity contribution in [1.29, 1.82) is 0 Å². The lowest BCUT2D eigenvalue weighted by Crippen LogP contribution is -2.41. The molecule has 2 saturated heterocycles. The monoisotopic (exact) mass is 994 g/mol. The van der Waals surface area contributed by atoms with Crippen molar-refractivity contribution in [2.75, 3.05) is 71.3 Å². The van der Waals surface area contributed by atoms with E-state index in [2.05, 4.69) is 35.9 Å². The number of ether oxygens (including phenoxy) is 6. The van der Waals surface area contributed by atoms with Crippen molar-refractivity contribution < 1.29 is 38.0 Å². The number of anilines is 5. The minimum atomic E-state index is -0.374. The summed E-state index contributed by atoms with van der Waals surface area (Å²) >= 11 is 6.06. The number of halogens is 1. The summed E-state index contributed by atoms with van der Waals surface area (Å²) in [6, 6.07) is 6.99. The Hall–Kier alpha value is -7.59. The number of nitrogens with one attached hydrogen (secondary N) is 3. The molecule has 0 unspecified atom stereocenters. The van der Waals surface area contributed by atoms with Gasteiger partial charge < -0.3 is 69.9 Å². The van der Waals surface area contributed by atoms with Crippen LogP contribution in [0.4, 0.5) is 29.2 Å². The van der Waals surface area contributed by atoms with Crippen molar-refractivity contribution in [3.63, 3.8) is 0 Å². The highest BCUT2D eigenvalue weighted by Gasteiger charge is 2.33. The van der Waals surface area contributed by atoms with Gasteiger partial charge in [-0.15, -0.1) is 0 Å². The zero-order valence-corrected chi connectivity index (χ0v) is 41.3. The highest BCUT2D eigenvalue weighted by molar-refractivity contribution is 6.28. The molecule has 0 bridgehead atoms. The predicted molar refractivity (Wildman–Crippen MR) is 266 cm³/mol. The number of primary amides is 2.